The number of nitrogens with zero attached hydrogens (tertiary/aromatic N) is 6. The van der Waals surface area contributed by atoms with Crippen LogP contribution in [-0.4, -0.2) is 51.7 Å². The third-order valence-electron chi connectivity index (χ3n) is 5.88. The summed E-state index contributed by atoms with van der Waals surface area (Å²) in [6.45, 7) is 2.64. The van der Waals surface area contributed by atoms with Gasteiger partial charge in [-0.15, -0.1) is 0 Å². The Hall–Kier alpha value is -2.23. The molecule has 34 heavy (non-hydrogen) atoms. The van der Waals surface area contributed by atoms with Crippen molar-refractivity contribution in [2.75, 3.05) is 0 Å². The van der Waals surface area contributed by atoms with Gasteiger partial charge >= 0.3 is 174 Å². The summed E-state index contributed by atoms with van der Waals surface area (Å²) in [7, 11) is 0. The molecule has 2 aromatic heterocycles. The molecule has 1 N–H and O–H groups in total. The van der Waals surface area contributed by atoms with Crippen LogP contribution in [0.15, 0.2) is 48.5 Å². The van der Waals surface area contributed by atoms with Crippen LogP contribution in [0.4, 0.5) is 0 Å². The molecule has 178 valence electrons. The first-order chi connectivity index (χ1) is 16.3. The molecule has 4 rings (SSSR count). The van der Waals surface area contributed by atoms with Gasteiger partial charge in [0.2, 0.25) is 0 Å². The van der Waals surface area contributed by atoms with Gasteiger partial charge in [-0.3, -0.25) is 0 Å². The summed E-state index contributed by atoms with van der Waals surface area (Å²) in [5.74, 6) is 1.76. The van der Waals surface area contributed by atoms with Crippen LogP contribution in [0.2, 0.25) is 20.0 Å². The van der Waals surface area contributed by atoms with Crippen LogP contribution in [0.25, 0.3) is 22.5 Å². The second-order valence-corrected chi connectivity index (χ2v) is 23.4. The van der Waals surface area contributed by atoms with Crippen molar-refractivity contribution in [1.82, 2.24) is 28.0 Å². The number of rotatable bonds is 9. The van der Waals surface area contributed by atoms with E-state index in [9.17, 15) is 5.11 Å². The summed E-state index contributed by atoms with van der Waals surface area (Å²) in [5, 5.41) is 22.9. The number of tetrazole rings is 1. The van der Waals surface area contributed by atoms with Gasteiger partial charge in [0.1, 0.15) is 0 Å². The molecule has 0 aliphatic rings. The van der Waals surface area contributed by atoms with E-state index in [0.717, 1.165) is 53.2 Å². The van der Waals surface area contributed by atoms with Gasteiger partial charge in [0.15, 0.2) is 0 Å². The van der Waals surface area contributed by atoms with Gasteiger partial charge in [-0.1, -0.05) is 24.9 Å². The summed E-state index contributed by atoms with van der Waals surface area (Å²) in [6.07, 6.45) is 2.96. The number of unbranched alkanes of at least 4 members (excludes halogenated alkanes) is 1. The zero-order valence-electron chi connectivity index (χ0n) is 20.2. The number of hydrogen-bond acceptors (Lipinski definition) is 5. The van der Waals surface area contributed by atoms with Crippen molar-refractivity contribution in [2.24, 2.45) is 0 Å². The molecule has 0 fully saturated rings. The molecule has 0 spiro atoms. The van der Waals surface area contributed by atoms with Crippen LogP contribution >= 0.6 is 11.6 Å². The topological polar surface area (TPSA) is 81.7 Å². The summed E-state index contributed by atoms with van der Waals surface area (Å²) in [4.78, 5) is 11.4. The molecular formula is C25H31ClN6OSn. The Morgan fingerprint density at radius 1 is 1.00 bits per heavy atom. The van der Waals surface area contributed by atoms with E-state index in [2.05, 4.69) is 81.6 Å². The molecule has 0 bridgehead atoms. The zero-order chi connectivity index (χ0) is 24.3. The van der Waals surface area contributed by atoms with Crippen molar-refractivity contribution in [1.29, 1.82) is 0 Å². The monoisotopic (exact) mass is 586 g/mol. The summed E-state index contributed by atoms with van der Waals surface area (Å²) in [5.41, 5.74) is 5.04. The molecule has 0 unspecified atom stereocenters. The average molecular weight is 586 g/mol. The van der Waals surface area contributed by atoms with Crippen molar-refractivity contribution in [3.8, 4) is 22.5 Å². The average Bonchev–Trinajstić information content (AvgIpc) is 3.43. The van der Waals surface area contributed by atoms with Crippen LogP contribution in [0.5, 0.6) is 0 Å². The van der Waals surface area contributed by atoms with Gasteiger partial charge < -0.3 is 5.11 Å². The fourth-order valence-corrected chi connectivity index (χ4v) is 7.50. The Morgan fingerprint density at radius 2 is 1.71 bits per heavy atom. The SMILES string of the molecule is CCCCc1nc(Cl)c(CO)n1Cc1ccc(-c2ccccc2-c2nnn[n]2[Sn]([CH3])([CH3])[CH3])cc1. The molecule has 0 aliphatic heterocycles. The maximum atomic E-state index is 9.85. The molecule has 2 heterocycles. The van der Waals surface area contributed by atoms with Gasteiger partial charge in [-0.25, -0.2) is 0 Å². The standard InChI is InChI=1S/C22H22ClN6O.3CH3.Sn/c1-2-3-8-20-24-21(23)19(14-30)29(20)13-15-9-11-16(12-10-15)17-6-4-5-7-18(17)22-25-27-28-26-22;;;;/h4-7,9-12,30H,2-3,8,13-14H2,1H3;3*1H3;/q-1;;;;+1. The zero-order valence-corrected chi connectivity index (χ0v) is 23.8. The van der Waals surface area contributed by atoms with E-state index in [4.69, 9.17) is 11.6 Å². The van der Waals surface area contributed by atoms with Crippen LogP contribution in [0, 0.1) is 0 Å². The van der Waals surface area contributed by atoms with E-state index in [1.807, 2.05) is 16.7 Å². The molecule has 0 saturated heterocycles. The van der Waals surface area contributed by atoms with E-state index in [1.165, 1.54) is 0 Å². The molecule has 9 heteroatoms. The molecule has 0 aliphatic carbocycles. The van der Waals surface area contributed by atoms with Crippen LogP contribution in [0.3, 0.4) is 0 Å². The third kappa shape index (κ3) is 5.21. The van der Waals surface area contributed by atoms with E-state index >= 15 is 0 Å². The maximum absolute atomic E-state index is 9.85. The molecule has 0 atom stereocenters. The van der Waals surface area contributed by atoms with E-state index < -0.39 is 18.7 Å². The number of aliphatic hydroxyl groups excluding tert-OH is 1. The molecule has 0 saturated carbocycles. The second-order valence-electron chi connectivity index (χ2n) is 9.44. The van der Waals surface area contributed by atoms with E-state index in [1.54, 1.807) is 0 Å². The van der Waals surface area contributed by atoms with Gasteiger partial charge in [0.25, 0.3) is 0 Å². The Balaban J connectivity index is 1.66. The Labute approximate surface area is 210 Å². The number of aliphatic hydroxyl groups is 1. The van der Waals surface area contributed by atoms with Gasteiger partial charge in [-0.2, -0.15) is 0 Å². The summed E-state index contributed by atoms with van der Waals surface area (Å²) >= 11 is 3.76. The Morgan fingerprint density at radius 3 is 2.35 bits per heavy atom. The fraction of sp³-hybridized carbons (Fsp3) is 0.360. The van der Waals surface area contributed by atoms with Crippen molar-refractivity contribution >= 4 is 30.3 Å². The first-order valence-electron chi connectivity index (χ1n) is 11.7. The predicted molar refractivity (Wildman–Crippen MR) is 138 cm³/mol. The number of hydrogen-bond donors (Lipinski definition) is 1. The van der Waals surface area contributed by atoms with Crippen LogP contribution < -0.4 is 0 Å². The van der Waals surface area contributed by atoms with E-state index in [0.29, 0.717) is 17.4 Å². The van der Waals surface area contributed by atoms with Crippen molar-refractivity contribution in [3.05, 3.63) is 70.8 Å². The van der Waals surface area contributed by atoms with Crippen molar-refractivity contribution < 1.29 is 5.11 Å². The summed E-state index contributed by atoms with van der Waals surface area (Å²) in [6, 6.07) is 16.8. The molecule has 2 aromatic carbocycles. The van der Waals surface area contributed by atoms with Gasteiger partial charge in [-0.05, 0) is 6.42 Å². The Bertz CT molecular complexity index is 1260. The number of imidazole rings is 1. The second kappa shape index (κ2) is 10.6. The number of aromatic nitrogens is 6. The molecule has 0 radical (unpaired) electrons. The first-order valence-corrected chi connectivity index (χ1v) is 21.9. The van der Waals surface area contributed by atoms with Crippen LogP contribution in [0.1, 0.15) is 36.8 Å². The number of aryl methyl sites for hydroxylation is 1. The fourth-order valence-electron chi connectivity index (χ4n) is 4.08. The predicted octanol–water partition coefficient (Wildman–Crippen LogP) is 5.42. The third-order valence-corrected chi connectivity index (χ3v) is 10.7. The minimum absolute atomic E-state index is 0.128. The quantitative estimate of drug-likeness (QED) is 0.265. The first kappa shape index (κ1) is 24.9. The molecule has 0 amide bonds. The van der Waals surface area contributed by atoms with Gasteiger partial charge in [0.05, 0.1) is 0 Å². The molecule has 7 nitrogen and oxygen atoms in total. The minimum atomic E-state index is -2.55. The normalized spacial score (nSPS) is 11.8. The van der Waals surface area contributed by atoms with Crippen molar-refractivity contribution in [2.45, 2.75) is 54.2 Å². The molecular weight excluding hydrogens is 554 g/mol. The van der Waals surface area contributed by atoms with Crippen molar-refractivity contribution in [3.63, 3.8) is 0 Å². The number of halogens is 1. The van der Waals surface area contributed by atoms with E-state index in [-0.39, 0.29) is 6.61 Å². The molecule has 4 aromatic rings. The Kier molecular flexibility index (Phi) is 7.74. The van der Waals surface area contributed by atoms with Gasteiger partial charge in [0, 0.05) is 0 Å². The number of benzene rings is 2. The van der Waals surface area contributed by atoms with Crippen LogP contribution in [-0.2, 0) is 19.6 Å². The summed E-state index contributed by atoms with van der Waals surface area (Å²) < 4.78 is 4.12.